The van der Waals surface area contributed by atoms with E-state index in [1.165, 1.54) is 10.8 Å². The number of aromatic nitrogens is 4. The molecule has 3 atom stereocenters. The lowest BCUT2D eigenvalue weighted by Gasteiger charge is -2.25. The van der Waals surface area contributed by atoms with E-state index >= 15 is 0 Å². The molecule has 228 valence electrons. The zero-order valence-corrected chi connectivity index (χ0v) is 24.4. The summed E-state index contributed by atoms with van der Waals surface area (Å²) in [5.74, 6) is -1.50. The Bertz CT molecular complexity index is 1630. The average Bonchev–Trinajstić information content (AvgIpc) is 3.55. The molecule has 1 fully saturated rings. The first-order chi connectivity index (χ1) is 20.7. The monoisotopic (exact) mass is 595 g/mol. The van der Waals surface area contributed by atoms with Crippen molar-refractivity contribution < 1.29 is 23.5 Å². The number of aliphatic hydroxyl groups excluding tert-OH is 1. The molecule has 4 aromatic rings. The van der Waals surface area contributed by atoms with Gasteiger partial charge >= 0.3 is 0 Å². The van der Waals surface area contributed by atoms with Crippen LogP contribution in [0.1, 0.15) is 29.7 Å². The first-order valence-corrected chi connectivity index (χ1v) is 13.9. The molecule has 0 spiro atoms. The second-order valence-electron chi connectivity index (χ2n) is 10.5. The van der Waals surface area contributed by atoms with Crippen molar-refractivity contribution in [3.63, 3.8) is 0 Å². The van der Waals surface area contributed by atoms with Gasteiger partial charge in [0, 0.05) is 61.9 Å². The first kappa shape index (κ1) is 30.4. The molecule has 1 aliphatic heterocycles. The third-order valence-electron chi connectivity index (χ3n) is 7.36. The lowest BCUT2D eigenvalue weighted by Crippen LogP contribution is -2.45. The van der Waals surface area contributed by atoms with E-state index in [9.17, 15) is 18.7 Å². The van der Waals surface area contributed by atoms with E-state index in [4.69, 9.17) is 14.7 Å². The van der Waals surface area contributed by atoms with Gasteiger partial charge in [-0.2, -0.15) is 14.6 Å². The van der Waals surface area contributed by atoms with Crippen molar-refractivity contribution in [1.29, 1.82) is 0 Å². The molecule has 4 heterocycles. The second-order valence-corrected chi connectivity index (χ2v) is 10.5. The van der Waals surface area contributed by atoms with E-state index < -0.39 is 17.9 Å². The van der Waals surface area contributed by atoms with E-state index in [-0.39, 0.29) is 29.9 Å². The van der Waals surface area contributed by atoms with Gasteiger partial charge in [0.15, 0.2) is 5.82 Å². The maximum Gasteiger partial charge on any atom is 0.255 e. The highest BCUT2D eigenvalue weighted by molar-refractivity contribution is 5.70. The molecule has 3 N–H and O–H groups in total. The van der Waals surface area contributed by atoms with Gasteiger partial charge in [0.05, 0.1) is 36.8 Å². The fourth-order valence-electron chi connectivity index (χ4n) is 5.24. The Morgan fingerprint density at radius 1 is 1.23 bits per heavy atom. The van der Waals surface area contributed by atoms with Crippen LogP contribution >= 0.6 is 0 Å². The molecule has 1 aromatic carbocycles. The molecule has 13 heteroatoms. The number of halogens is 2. The topological polar surface area (TPSA) is 119 Å². The minimum atomic E-state index is -1.16. The van der Waals surface area contributed by atoms with Crippen molar-refractivity contribution in [1.82, 2.24) is 29.7 Å². The summed E-state index contributed by atoms with van der Waals surface area (Å²) in [5, 5.41) is 23.4. The number of hydrogen-bond acceptors (Lipinski definition) is 9. The third kappa shape index (κ3) is 6.50. The van der Waals surface area contributed by atoms with Gasteiger partial charge < -0.3 is 19.7 Å². The van der Waals surface area contributed by atoms with Crippen LogP contribution < -0.4 is 16.2 Å². The molecule has 3 aromatic heterocycles. The maximum atomic E-state index is 14.1. The molecule has 5 rings (SSSR count). The smallest absolute Gasteiger partial charge is 0.255 e. The lowest BCUT2D eigenvalue weighted by atomic mass is 10.0. The van der Waals surface area contributed by atoms with E-state index in [0.717, 1.165) is 17.3 Å². The van der Waals surface area contributed by atoms with Gasteiger partial charge in [0.25, 0.3) is 5.56 Å². The van der Waals surface area contributed by atoms with E-state index in [1.54, 1.807) is 36.2 Å². The van der Waals surface area contributed by atoms with Crippen LogP contribution in [0.15, 0.2) is 59.7 Å². The van der Waals surface area contributed by atoms with Crippen molar-refractivity contribution >= 4 is 5.82 Å². The summed E-state index contributed by atoms with van der Waals surface area (Å²) in [7, 11) is 3.24. The number of methoxy groups -OCH3 is 1. The zero-order valence-electron chi connectivity index (χ0n) is 24.4. The summed E-state index contributed by atoms with van der Waals surface area (Å²) in [4.78, 5) is 22.1. The fourth-order valence-corrected chi connectivity index (χ4v) is 5.24. The fraction of sp³-hybridized carbons (Fsp3) is 0.367. The summed E-state index contributed by atoms with van der Waals surface area (Å²) < 4.78 is 36.1. The number of ether oxygens (including phenoxy) is 1. The van der Waals surface area contributed by atoms with Crippen LogP contribution in [0.25, 0.3) is 16.9 Å². The number of aliphatic hydroxyl groups is 1. The van der Waals surface area contributed by atoms with Gasteiger partial charge in [0.2, 0.25) is 5.95 Å². The predicted octanol–water partition coefficient (Wildman–Crippen LogP) is 3.06. The van der Waals surface area contributed by atoms with Gasteiger partial charge in [-0.3, -0.25) is 14.9 Å². The number of nitrogens with one attached hydrogen (secondary N) is 2. The van der Waals surface area contributed by atoms with Gasteiger partial charge in [0.1, 0.15) is 11.9 Å². The number of anilines is 1. The first-order valence-electron chi connectivity index (χ1n) is 13.9. The Kier molecular flexibility index (Phi) is 9.28. The quantitative estimate of drug-likeness (QED) is 0.178. The third-order valence-corrected chi connectivity index (χ3v) is 7.36. The molecule has 0 amide bonds. The molecular weight excluding hydrogens is 560 g/mol. The van der Waals surface area contributed by atoms with Crippen LogP contribution in [-0.2, 0) is 23.2 Å². The van der Waals surface area contributed by atoms with Crippen LogP contribution in [0.2, 0.25) is 0 Å². The number of hydrogen-bond donors (Lipinski definition) is 3. The Morgan fingerprint density at radius 2 is 2.00 bits per heavy atom. The SMILES string of the molecule is COCCN1CC(NC(C)Nc2c(C)c(-c3cc(CO)c(=O)n(C)c3)nn2-c2ccccc2)[C@H](c2cnc(F)c(F)c2)O1. The van der Waals surface area contributed by atoms with Crippen molar-refractivity contribution in [2.75, 3.05) is 32.1 Å². The molecule has 0 saturated carbocycles. The molecule has 0 radical (unpaired) electrons. The second kappa shape index (κ2) is 13.1. The summed E-state index contributed by atoms with van der Waals surface area (Å²) >= 11 is 0. The molecule has 11 nitrogen and oxygen atoms in total. The van der Waals surface area contributed by atoms with Crippen molar-refractivity contribution in [3.8, 4) is 16.9 Å². The average molecular weight is 596 g/mol. The minimum absolute atomic E-state index is 0.272. The van der Waals surface area contributed by atoms with Crippen molar-refractivity contribution in [2.45, 2.75) is 38.8 Å². The molecule has 43 heavy (non-hydrogen) atoms. The summed E-state index contributed by atoms with van der Waals surface area (Å²) in [6.07, 6.45) is 2.02. The molecule has 0 bridgehead atoms. The lowest BCUT2D eigenvalue weighted by molar-refractivity contribution is -0.154. The normalized spacial score (nSPS) is 17.8. The van der Waals surface area contributed by atoms with Crippen molar-refractivity contribution in [3.05, 3.63) is 93.7 Å². The van der Waals surface area contributed by atoms with Gasteiger partial charge in [-0.15, -0.1) is 0 Å². The summed E-state index contributed by atoms with van der Waals surface area (Å²) in [5.41, 5.74) is 3.38. The Balaban J connectivity index is 1.46. The van der Waals surface area contributed by atoms with Crippen LogP contribution in [-0.4, -0.2) is 68.5 Å². The molecule has 1 saturated heterocycles. The van der Waals surface area contributed by atoms with E-state index in [1.807, 2.05) is 44.2 Å². The summed E-state index contributed by atoms with van der Waals surface area (Å²) in [6.45, 7) is 4.87. The standard InChI is InChI=1S/C30H35F2N7O4/c1-18-26(21-12-22(17-40)30(41)37(3)15-21)36-39(23-8-6-5-7-9-23)29(18)35-19(2)34-25-16-38(10-11-42-4)43-27(25)20-13-24(31)28(32)33-14-20/h5-9,12-15,19,25,27,34-35,40H,10-11,16-17H2,1-4H3/t19?,25?,27-/m0/s1. The van der Waals surface area contributed by atoms with Crippen LogP contribution in [0.4, 0.5) is 14.6 Å². The Morgan fingerprint density at radius 3 is 2.70 bits per heavy atom. The Labute approximate surface area is 247 Å². The van der Waals surface area contributed by atoms with Gasteiger partial charge in [-0.1, -0.05) is 18.2 Å². The van der Waals surface area contributed by atoms with Gasteiger partial charge in [-0.25, -0.2) is 14.1 Å². The highest BCUT2D eigenvalue weighted by atomic mass is 19.2. The number of benzene rings is 1. The number of pyridine rings is 2. The largest absolute Gasteiger partial charge is 0.391 e. The summed E-state index contributed by atoms with van der Waals surface area (Å²) in [6, 6.07) is 12.1. The van der Waals surface area contributed by atoms with E-state index in [2.05, 4.69) is 15.6 Å². The Hall–Kier alpha value is -4.01. The van der Waals surface area contributed by atoms with Crippen LogP contribution in [0.3, 0.4) is 0 Å². The number of aryl methyl sites for hydroxylation is 1. The molecule has 2 unspecified atom stereocenters. The highest BCUT2D eigenvalue weighted by Crippen LogP contribution is 2.32. The van der Waals surface area contributed by atoms with E-state index in [0.29, 0.717) is 42.3 Å². The number of hydroxylamine groups is 2. The molecule has 0 aliphatic carbocycles. The molecular formula is C30H35F2N7O4. The zero-order chi connectivity index (χ0) is 30.7. The van der Waals surface area contributed by atoms with Crippen molar-refractivity contribution in [2.24, 2.45) is 7.05 Å². The predicted molar refractivity (Wildman–Crippen MR) is 156 cm³/mol. The van der Waals surface area contributed by atoms with Gasteiger partial charge in [-0.05, 0) is 38.1 Å². The maximum absolute atomic E-state index is 14.1. The van der Waals surface area contributed by atoms with Crippen LogP contribution in [0.5, 0.6) is 0 Å². The number of rotatable bonds is 11. The number of nitrogens with zero attached hydrogens (tertiary/aromatic N) is 5. The highest BCUT2D eigenvalue weighted by Gasteiger charge is 2.37. The minimum Gasteiger partial charge on any atom is -0.391 e. The van der Waals surface area contributed by atoms with Crippen LogP contribution in [0, 0.1) is 18.7 Å². The number of para-hydroxylation sites is 1. The molecule has 1 aliphatic rings.